The first kappa shape index (κ1) is 15.6. The van der Waals surface area contributed by atoms with Crippen LogP contribution < -0.4 is 0 Å². The Bertz CT molecular complexity index is 509. The highest BCUT2D eigenvalue weighted by Gasteiger charge is 2.35. The maximum Gasteiger partial charge on any atom is 0.344 e. The lowest BCUT2D eigenvalue weighted by atomic mass is 10.1. The molecular weight excluding hydrogens is 294 g/mol. The number of halogens is 1. The molecule has 114 valence electrons. The SMILES string of the molecule is CCN1C(=O)N(OCc2ccccc2)CC[C@H]1/C(Cl)=N\O. The number of oxime groups is 1. The van der Waals surface area contributed by atoms with Crippen LogP contribution in [0.2, 0.25) is 0 Å². The summed E-state index contributed by atoms with van der Waals surface area (Å²) in [6.45, 7) is 3.03. The maximum absolute atomic E-state index is 12.3. The van der Waals surface area contributed by atoms with E-state index in [-0.39, 0.29) is 11.2 Å². The molecule has 7 heteroatoms. The summed E-state index contributed by atoms with van der Waals surface area (Å²) >= 11 is 5.85. The molecule has 1 aromatic carbocycles. The fourth-order valence-corrected chi connectivity index (χ4v) is 2.51. The fourth-order valence-electron chi connectivity index (χ4n) is 2.28. The molecule has 0 spiro atoms. The molecular formula is C14H18ClN3O3. The molecule has 1 aliphatic heterocycles. The molecule has 2 amide bonds. The predicted molar refractivity (Wildman–Crippen MR) is 79.2 cm³/mol. The minimum Gasteiger partial charge on any atom is -0.410 e. The van der Waals surface area contributed by atoms with Gasteiger partial charge in [-0.05, 0) is 18.9 Å². The molecule has 1 heterocycles. The van der Waals surface area contributed by atoms with Crippen molar-refractivity contribution in [3.8, 4) is 0 Å². The fraction of sp³-hybridized carbons (Fsp3) is 0.429. The van der Waals surface area contributed by atoms with Crippen molar-refractivity contribution in [1.29, 1.82) is 0 Å². The molecule has 1 atom stereocenters. The van der Waals surface area contributed by atoms with Crippen LogP contribution in [0.25, 0.3) is 0 Å². The van der Waals surface area contributed by atoms with Crippen LogP contribution in [0.1, 0.15) is 18.9 Å². The van der Waals surface area contributed by atoms with E-state index in [1.165, 1.54) is 9.96 Å². The van der Waals surface area contributed by atoms with E-state index >= 15 is 0 Å². The van der Waals surface area contributed by atoms with Crippen LogP contribution in [0.4, 0.5) is 4.79 Å². The van der Waals surface area contributed by atoms with Gasteiger partial charge in [-0.1, -0.05) is 47.1 Å². The van der Waals surface area contributed by atoms with Gasteiger partial charge in [-0.3, -0.25) is 4.84 Å². The van der Waals surface area contributed by atoms with Gasteiger partial charge >= 0.3 is 6.03 Å². The van der Waals surface area contributed by atoms with Crippen LogP contribution in [0.5, 0.6) is 0 Å². The van der Waals surface area contributed by atoms with Gasteiger partial charge in [0, 0.05) is 6.54 Å². The molecule has 0 bridgehead atoms. The average Bonchev–Trinajstić information content (AvgIpc) is 2.53. The molecule has 6 nitrogen and oxygen atoms in total. The third-order valence-electron chi connectivity index (χ3n) is 3.38. The number of hydroxylamine groups is 2. The molecule has 1 fully saturated rings. The lowest BCUT2D eigenvalue weighted by Gasteiger charge is -2.39. The van der Waals surface area contributed by atoms with Gasteiger partial charge in [0.1, 0.15) is 6.61 Å². The summed E-state index contributed by atoms with van der Waals surface area (Å²) in [7, 11) is 0. The molecule has 1 aliphatic rings. The summed E-state index contributed by atoms with van der Waals surface area (Å²) in [6, 6.07) is 8.96. The van der Waals surface area contributed by atoms with Gasteiger partial charge in [0.2, 0.25) is 0 Å². The highest BCUT2D eigenvalue weighted by atomic mass is 35.5. The van der Waals surface area contributed by atoms with E-state index in [0.717, 1.165) is 5.56 Å². The Labute approximate surface area is 128 Å². The van der Waals surface area contributed by atoms with Gasteiger partial charge in [-0.25, -0.2) is 9.86 Å². The summed E-state index contributed by atoms with van der Waals surface area (Å²) in [5.41, 5.74) is 0.991. The molecule has 1 aromatic rings. The van der Waals surface area contributed by atoms with Crippen molar-refractivity contribution in [3.63, 3.8) is 0 Å². The topological polar surface area (TPSA) is 65.4 Å². The molecule has 1 saturated heterocycles. The third kappa shape index (κ3) is 3.65. The minimum atomic E-state index is -0.397. The monoisotopic (exact) mass is 311 g/mol. The number of hydrogen-bond donors (Lipinski definition) is 1. The quantitative estimate of drug-likeness (QED) is 0.516. The maximum atomic E-state index is 12.3. The van der Waals surface area contributed by atoms with E-state index in [1.807, 2.05) is 37.3 Å². The Balaban J connectivity index is 1.99. The van der Waals surface area contributed by atoms with Crippen molar-refractivity contribution in [2.45, 2.75) is 26.0 Å². The number of nitrogens with zero attached hydrogens (tertiary/aromatic N) is 3. The number of benzene rings is 1. The zero-order chi connectivity index (χ0) is 15.2. The second-order valence-corrected chi connectivity index (χ2v) is 5.04. The third-order valence-corrected chi connectivity index (χ3v) is 3.71. The highest BCUT2D eigenvalue weighted by Crippen LogP contribution is 2.20. The molecule has 0 radical (unpaired) electrons. The molecule has 2 rings (SSSR count). The molecule has 1 N–H and O–H groups in total. The zero-order valence-corrected chi connectivity index (χ0v) is 12.5. The number of hydrogen-bond acceptors (Lipinski definition) is 4. The molecule has 0 unspecified atom stereocenters. The van der Waals surface area contributed by atoms with Crippen LogP contribution in [0.3, 0.4) is 0 Å². The number of amides is 2. The van der Waals surface area contributed by atoms with E-state index in [0.29, 0.717) is 26.1 Å². The number of urea groups is 1. The Morgan fingerprint density at radius 2 is 2.19 bits per heavy atom. The molecule has 0 aromatic heterocycles. The lowest BCUT2D eigenvalue weighted by Crippen LogP contribution is -2.55. The van der Waals surface area contributed by atoms with Crippen LogP contribution in [-0.2, 0) is 11.4 Å². The standard InChI is InChI=1S/C14H18ClN3O3/c1-2-17-12(13(15)16-20)8-9-18(14(17)19)21-10-11-6-4-3-5-7-11/h3-7,12,20H,2,8-10H2,1H3/b16-13+/t12-/m0/s1. The number of rotatable bonds is 5. The van der Waals surface area contributed by atoms with Gasteiger partial charge in [-0.2, -0.15) is 0 Å². The summed E-state index contributed by atoms with van der Waals surface area (Å²) in [4.78, 5) is 19.4. The smallest absolute Gasteiger partial charge is 0.344 e. The van der Waals surface area contributed by atoms with Crippen LogP contribution in [-0.4, -0.2) is 45.5 Å². The van der Waals surface area contributed by atoms with E-state index < -0.39 is 6.04 Å². The first-order valence-corrected chi connectivity index (χ1v) is 7.17. The summed E-state index contributed by atoms with van der Waals surface area (Å²) in [5.74, 6) is 0. The van der Waals surface area contributed by atoms with E-state index in [4.69, 9.17) is 21.6 Å². The van der Waals surface area contributed by atoms with Crippen molar-refractivity contribution in [2.24, 2.45) is 5.16 Å². The largest absolute Gasteiger partial charge is 0.410 e. The van der Waals surface area contributed by atoms with Crippen molar-refractivity contribution in [2.75, 3.05) is 13.1 Å². The van der Waals surface area contributed by atoms with Crippen molar-refractivity contribution >= 4 is 22.8 Å². The Morgan fingerprint density at radius 1 is 1.48 bits per heavy atom. The Morgan fingerprint density at radius 3 is 2.81 bits per heavy atom. The summed E-state index contributed by atoms with van der Waals surface area (Å²) in [5, 5.41) is 13.1. The summed E-state index contributed by atoms with van der Waals surface area (Å²) < 4.78 is 0. The van der Waals surface area contributed by atoms with Crippen LogP contribution >= 0.6 is 11.6 Å². The van der Waals surface area contributed by atoms with Gasteiger partial charge in [-0.15, -0.1) is 0 Å². The Hall–Kier alpha value is -1.79. The Kier molecular flexibility index (Phi) is 5.41. The van der Waals surface area contributed by atoms with Gasteiger partial charge in [0.25, 0.3) is 0 Å². The van der Waals surface area contributed by atoms with Crippen molar-refractivity contribution in [1.82, 2.24) is 9.96 Å². The second-order valence-electron chi connectivity index (χ2n) is 4.66. The zero-order valence-electron chi connectivity index (χ0n) is 11.8. The van der Waals surface area contributed by atoms with E-state index in [9.17, 15) is 4.79 Å². The van der Waals surface area contributed by atoms with Crippen LogP contribution in [0.15, 0.2) is 35.5 Å². The van der Waals surface area contributed by atoms with Crippen molar-refractivity contribution in [3.05, 3.63) is 35.9 Å². The first-order valence-electron chi connectivity index (χ1n) is 6.79. The van der Waals surface area contributed by atoms with Crippen molar-refractivity contribution < 1.29 is 14.8 Å². The van der Waals surface area contributed by atoms with Gasteiger partial charge in [0.05, 0.1) is 12.6 Å². The normalized spacial score (nSPS) is 20.0. The lowest BCUT2D eigenvalue weighted by molar-refractivity contribution is -0.148. The number of carbonyl (C=O) groups is 1. The molecule has 0 saturated carbocycles. The van der Waals surface area contributed by atoms with Gasteiger partial charge in [0.15, 0.2) is 5.17 Å². The first-order chi connectivity index (χ1) is 10.2. The number of carbonyl (C=O) groups excluding carboxylic acids is 1. The molecule has 0 aliphatic carbocycles. The summed E-state index contributed by atoms with van der Waals surface area (Å²) in [6.07, 6.45) is 0.553. The average molecular weight is 312 g/mol. The molecule has 21 heavy (non-hydrogen) atoms. The highest BCUT2D eigenvalue weighted by molar-refractivity contribution is 6.66. The van der Waals surface area contributed by atoms with E-state index in [1.54, 1.807) is 0 Å². The van der Waals surface area contributed by atoms with Gasteiger partial charge < -0.3 is 10.1 Å². The predicted octanol–water partition coefficient (Wildman–Crippen LogP) is 2.66. The van der Waals surface area contributed by atoms with E-state index in [2.05, 4.69) is 5.16 Å². The minimum absolute atomic E-state index is 0.0212. The van der Waals surface area contributed by atoms with Crippen LogP contribution in [0, 0.1) is 0 Å². The second kappa shape index (κ2) is 7.28.